The van der Waals surface area contributed by atoms with Crippen molar-refractivity contribution >= 4 is 5.91 Å². The summed E-state index contributed by atoms with van der Waals surface area (Å²) in [7, 11) is 0. The Kier molecular flexibility index (Phi) is 3.59. The first-order chi connectivity index (χ1) is 6.78. The van der Waals surface area contributed by atoms with Gasteiger partial charge in [0.2, 0.25) is 5.91 Å². The quantitative estimate of drug-likeness (QED) is 0.724. The highest BCUT2D eigenvalue weighted by molar-refractivity contribution is 5.77. The van der Waals surface area contributed by atoms with Gasteiger partial charge in [0.15, 0.2) is 0 Å². The molecule has 0 spiro atoms. The van der Waals surface area contributed by atoms with Crippen molar-refractivity contribution < 1.29 is 18.0 Å². The number of halogens is 3. The van der Waals surface area contributed by atoms with Crippen molar-refractivity contribution in [3.8, 4) is 0 Å². The molecule has 0 aromatic carbocycles. The maximum atomic E-state index is 12.0. The third-order valence-electron chi connectivity index (χ3n) is 2.26. The first-order valence-corrected chi connectivity index (χ1v) is 4.88. The van der Waals surface area contributed by atoms with Crippen molar-refractivity contribution in [2.24, 2.45) is 0 Å². The van der Waals surface area contributed by atoms with Gasteiger partial charge in [-0.15, -0.1) is 0 Å². The van der Waals surface area contributed by atoms with Gasteiger partial charge in [-0.05, 0) is 13.8 Å². The van der Waals surface area contributed by atoms with Crippen molar-refractivity contribution in [3.05, 3.63) is 0 Å². The van der Waals surface area contributed by atoms with Crippen molar-refractivity contribution in [2.75, 3.05) is 13.1 Å². The van der Waals surface area contributed by atoms with Gasteiger partial charge < -0.3 is 10.2 Å². The number of carbonyl (C=O) groups is 1. The zero-order valence-corrected chi connectivity index (χ0v) is 8.77. The number of alkyl halides is 3. The standard InChI is InChI=1S/C9H15F3N2O/c1-6-4-14(5-7(2)13-6)8(15)3-9(10,11)12/h6-7,13H,3-5H2,1-2H3. The lowest BCUT2D eigenvalue weighted by Gasteiger charge is -2.36. The average Bonchev–Trinajstić information content (AvgIpc) is 1.98. The van der Waals surface area contributed by atoms with Crippen LogP contribution in [0.2, 0.25) is 0 Å². The van der Waals surface area contributed by atoms with Gasteiger partial charge >= 0.3 is 6.18 Å². The normalized spacial score (nSPS) is 27.9. The minimum Gasteiger partial charge on any atom is -0.339 e. The Morgan fingerprint density at radius 1 is 1.33 bits per heavy atom. The van der Waals surface area contributed by atoms with Crippen LogP contribution < -0.4 is 5.32 Å². The van der Waals surface area contributed by atoms with Gasteiger partial charge in [0.05, 0.1) is 0 Å². The minimum absolute atomic E-state index is 0.0472. The first kappa shape index (κ1) is 12.3. The molecule has 88 valence electrons. The van der Waals surface area contributed by atoms with Gasteiger partial charge in [-0.25, -0.2) is 0 Å². The number of rotatable bonds is 1. The van der Waals surface area contributed by atoms with E-state index in [1.54, 1.807) is 0 Å². The van der Waals surface area contributed by atoms with E-state index in [9.17, 15) is 18.0 Å². The number of nitrogens with one attached hydrogen (secondary N) is 1. The number of hydrogen-bond donors (Lipinski definition) is 1. The van der Waals surface area contributed by atoms with Gasteiger partial charge in [0.25, 0.3) is 0 Å². The highest BCUT2D eigenvalue weighted by atomic mass is 19.4. The van der Waals surface area contributed by atoms with Crippen LogP contribution in [-0.2, 0) is 4.79 Å². The SMILES string of the molecule is CC1CN(C(=O)CC(F)(F)F)CC(C)N1. The molecule has 0 aromatic rings. The Morgan fingerprint density at radius 2 is 1.80 bits per heavy atom. The summed E-state index contributed by atoms with van der Waals surface area (Å²) in [6, 6.07) is 0.0943. The summed E-state index contributed by atoms with van der Waals surface area (Å²) in [5.74, 6) is -0.831. The molecule has 0 bridgehead atoms. The van der Waals surface area contributed by atoms with Crippen molar-refractivity contribution in [2.45, 2.75) is 38.5 Å². The summed E-state index contributed by atoms with van der Waals surface area (Å²) >= 11 is 0. The Hall–Kier alpha value is -0.780. The molecule has 1 amide bonds. The largest absolute Gasteiger partial charge is 0.397 e. The summed E-state index contributed by atoms with van der Waals surface area (Å²) in [5, 5.41) is 3.15. The van der Waals surface area contributed by atoms with Crippen LogP contribution in [0.5, 0.6) is 0 Å². The molecule has 1 N–H and O–H groups in total. The lowest BCUT2D eigenvalue weighted by atomic mass is 10.1. The second-order valence-corrected chi connectivity index (χ2v) is 4.06. The predicted octanol–water partition coefficient (Wildman–Crippen LogP) is 1.15. The van der Waals surface area contributed by atoms with E-state index < -0.39 is 18.5 Å². The molecule has 3 nitrogen and oxygen atoms in total. The monoisotopic (exact) mass is 224 g/mol. The molecular weight excluding hydrogens is 209 g/mol. The Morgan fingerprint density at radius 3 is 2.20 bits per heavy atom. The van der Waals surface area contributed by atoms with Crippen molar-refractivity contribution in [3.63, 3.8) is 0 Å². The molecule has 0 aromatic heterocycles. The maximum absolute atomic E-state index is 12.0. The summed E-state index contributed by atoms with van der Waals surface area (Å²) in [6.45, 7) is 4.39. The molecular formula is C9H15F3N2O. The molecule has 2 atom stereocenters. The number of amides is 1. The van der Waals surface area contributed by atoms with Gasteiger partial charge in [0, 0.05) is 25.2 Å². The molecule has 1 aliphatic heterocycles. The van der Waals surface area contributed by atoms with E-state index >= 15 is 0 Å². The molecule has 0 saturated carbocycles. The van der Waals surface area contributed by atoms with Crippen LogP contribution in [0.3, 0.4) is 0 Å². The van der Waals surface area contributed by atoms with E-state index in [2.05, 4.69) is 5.32 Å². The van der Waals surface area contributed by atoms with Crippen LogP contribution in [0.1, 0.15) is 20.3 Å². The summed E-state index contributed by atoms with van der Waals surface area (Å²) in [6.07, 6.45) is -5.76. The lowest BCUT2D eigenvalue weighted by molar-refractivity contribution is -0.162. The Bertz CT molecular complexity index is 232. The molecule has 1 rings (SSSR count). The smallest absolute Gasteiger partial charge is 0.339 e. The first-order valence-electron chi connectivity index (χ1n) is 4.88. The van der Waals surface area contributed by atoms with E-state index in [1.165, 1.54) is 4.90 Å². The van der Waals surface area contributed by atoms with Crippen molar-refractivity contribution in [1.29, 1.82) is 0 Å². The van der Waals surface area contributed by atoms with Crippen LogP contribution in [0.4, 0.5) is 13.2 Å². The zero-order valence-electron chi connectivity index (χ0n) is 8.77. The van der Waals surface area contributed by atoms with E-state index in [4.69, 9.17) is 0 Å². The topological polar surface area (TPSA) is 32.3 Å². The number of piperazine rings is 1. The van der Waals surface area contributed by atoms with Crippen molar-refractivity contribution in [1.82, 2.24) is 10.2 Å². The molecule has 1 fully saturated rings. The van der Waals surface area contributed by atoms with Gasteiger partial charge in [-0.3, -0.25) is 4.79 Å². The molecule has 6 heteroatoms. The Balaban J connectivity index is 2.52. The minimum atomic E-state index is -4.41. The van der Waals surface area contributed by atoms with E-state index in [1.807, 2.05) is 13.8 Å². The fraction of sp³-hybridized carbons (Fsp3) is 0.889. The third kappa shape index (κ3) is 4.07. The number of carbonyl (C=O) groups excluding carboxylic acids is 1. The molecule has 2 unspecified atom stereocenters. The number of nitrogens with zero attached hydrogens (tertiary/aromatic N) is 1. The van der Waals surface area contributed by atoms with Crippen LogP contribution in [-0.4, -0.2) is 42.2 Å². The van der Waals surface area contributed by atoms with Gasteiger partial charge in [-0.2, -0.15) is 13.2 Å². The molecule has 0 radical (unpaired) electrons. The molecule has 1 saturated heterocycles. The predicted molar refractivity (Wildman–Crippen MR) is 49.3 cm³/mol. The van der Waals surface area contributed by atoms with Gasteiger partial charge in [0.1, 0.15) is 6.42 Å². The summed E-state index contributed by atoms with van der Waals surface area (Å²) in [4.78, 5) is 12.6. The van der Waals surface area contributed by atoms with E-state index in [-0.39, 0.29) is 12.1 Å². The van der Waals surface area contributed by atoms with Crippen LogP contribution in [0.25, 0.3) is 0 Å². The molecule has 1 heterocycles. The summed E-state index contributed by atoms with van der Waals surface area (Å²) < 4.78 is 36.0. The fourth-order valence-electron chi connectivity index (χ4n) is 1.81. The molecule has 1 aliphatic rings. The highest BCUT2D eigenvalue weighted by Gasteiger charge is 2.35. The average molecular weight is 224 g/mol. The second kappa shape index (κ2) is 4.38. The number of hydrogen-bond acceptors (Lipinski definition) is 2. The second-order valence-electron chi connectivity index (χ2n) is 4.06. The lowest BCUT2D eigenvalue weighted by Crippen LogP contribution is -2.56. The molecule has 0 aliphatic carbocycles. The van der Waals surface area contributed by atoms with E-state index in [0.29, 0.717) is 13.1 Å². The van der Waals surface area contributed by atoms with Crippen LogP contribution in [0, 0.1) is 0 Å². The third-order valence-corrected chi connectivity index (χ3v) is 2.26. The van der Waals surface area contributed by atoms with Crippen LogP contribution >= 0.6 is 0 Å². The van der Waals surface area contributed by atoms with Crippen LogP contribution in [0.15, 0.2) is 0 Å². The zero-order chi connectivity index (χ0) is 11.6. The van der Waals surface area contributed by atoms with Gasteiger partial charge in [-0.1, -0.05) is 0 Å². The van der Waals surface area contributed by atoms with E-state index in [0.717, 1.165) is 0 Å². The molecule has 15 heavy (non-hydrogen) atoms. The Labute approximate surface area is 86.6 Å². The fourth-order valence-corrected chi connectivity index (χ4v) is 1.81. The summed E-state index contributed by atoms with van der Waals surface area (Å²) in [5.41, 5.74) is 0. The highest BCUT2D eigenvalue weighted by Crippen LogP contribution is 2.21. The maximum Gasteiger partial charge on any atom is 0.397 e.